The lowest BCUT2D eigenvalue weighted by molar-refractivity contribution is -0.139. The van der Waals surface area contributed by atoms with Crippen LogP contribution in [0.1, 0.15) is 45.1 Å². The lowest BCUT2D eigenvalue weighted by atomic mass is 9.87. The third kappa shape index (κ3) is 4.39. The first-order valence-corrected chi connectivity index (χ1v) is 10.1. The summed E-state index contributed by atoms with van der Waals surface area (Å²) in [6.45, 7) is 0.422. The molecule has 1 heterocycles. The van der Waals surface area contributed by atoms with Gasteiger partial charge in [-0.1, -0.05) is 19.1 Å². The summed E-state index contributed by atoms with van der Waals surface area (Å²) in [5.41, 5.74) is -0.980. The second-order valence-electron chi connectivity index (χ2n) is 8.27. The predicted octanol–water partition coefficient (Wildman–Crippen LogP) is 3.09. The summed E-state index contributed by atoms with van der Waals surface area (Å²) in [5, 5.41) is 2.61. The summed E-state index contributed by atoms with van der Waals surface area (Å²) in [6.07, 6.45) is 3.92. The third-order valence-corrected chi connectivity index (χ3v) is 6.15. The van der Waals surface area contributed by atoms with Gasteiger partial charge in [-0.05, 0) is 56.2 Å². The van der Waals surface area contributed by atoms with Crippen molar-refractivity contribution < 1.29 is 27.9 Å². The van der Waals surface area contributed by atoms with Gasteiger partial charge in [-0.25, -0.2) is 4.79 Å². The number of carbonyl (C=O) groups excluding carboxylic acids is 3. The van der Waals surface area contributed by atoms with Crippen LogP contribution in [-0.2, 0) is 15.1 Å². The van der Waals surface area contributed by atoms with E-state index in [1.165, 1.54) is 31.2 Å². The van der Waals surface area contributed by atoms with Crippen LogP contribution in [0.5, 0.6) is 5.75 Å². The standard InChI is InChI=1S/C21H27F2N3O4/c1-13-4-8-15(9-5-13)25(3)17(27)12-26-18(28)21(2,24-20(26)29)14-6-10-16(11-7-14)30-19(22)23/h6-7,10-11,13,15,19H,4-5,8-9,12H2,1-3H3,(H,24,29)/t13?,15?,21-/m1/s1. The minimum atomic E-state index is -2.95. The monoisotopic (exact) mass is 423 g/mol. The van der Waals surface area contributed by atoms with E-state index >= 15 is 0 Å². The first-order chi connectivity index (χ1) is 14.1. The molecule has 0 unspecified atom stereocenters. The van der Waals surface area contributed by atoms with Crippen molar-refractivity contribution in [2.45, 2.75) is 57.7 Å². The second-order valence-corrected chi connectivity index (χ2v) is 8.27. The molecule has 1 N–H and O–H groups in total. The Hall–Kier alpha value is -2.71. The topological polar surface area (TPSA) is 79.0 Å². The molecule has 164 valence electrons. The van der Waals surface area contributed by atoms with Gasteiger partial charge in [-0.15, -0.1) is 0 Å². The van der Waals surface area contributed by atoms with E-state index < -0.39 is 24.1 Å². The SMILES string of the molecule is CC1CCC(N(C)C(=O)CN2C(=O)N[C@](C)(c3ccc(OC(F)F)cc3)C2=O)CC1. The molecule has 0 bridgehead atoms. The minimum absolute atomic E-state index is 0.0513. The molecule has 1 aromatic rings. The fourth-order valence-corrected chi connectivity index (χ4v) is 4.09. The van der Waals surface area contributed by atoms with Crippen molar-refractivity contribution in [2.24, 2.45) is 5.92 Å². The van der Waals surface area contributed by atoms with Gasteiger partial charge in [0, 0.05) is 13.1 Å². The maximum atomic E-state index is 13.0. The Kier molecular flexibility index (Phi) is 6.28. The van der Waals surface area contributed by atoms with Gasteiger partial charge in [-0.2, -0.15) is 8.78 Å². The van der Waals surface area contributed by atoms with Crippen molar-refractivity contribution in [1.29, 1.82) is 0 Å². The van der Waals surface area contributed by atoms with Gasteiger partial charge in [0.15, 0.2) is 0 Å². The smallest absolute Gasteiger partial charge is 0.387 e. The lowest BCUT2D eigenvalue weighted by Crippen LogP contribution is -2.47. The molecule has 2 aliphatic rings. The molecule has 3 rings (SSSR count). The van der Waals surface area contributed by atoms with Crippen LogP contribution in [0.4, 0.5) is 13.6 Å². The molecule has 1 aliphatic carbocycles. The largest absolute Gasteiger partial charge is 0.435 e. The fraction of sp³-hybridized carbons (Fsp3) is 0.571. The van der Waals surface area contributed by atoms with Gasteiger partial charge < -0.3 is 15.0 Å². The highest BCUT2D eigenvalue weighted by Gasteiger charge is 2.49. The Labute approximate surface area is 174 Å². The summed E-state index contributed by atoms with van der Waals surface area (Å²) < 4.78 is 29.0. The van der Waals surface area contributed by atoms with Gasteiger partial charge in [0.25, 0.3) is 5.91 Å². The summed E-state index contributed by atoms with van der Waals surface area (Å²) in [4.78, 5) is 40.7. The number of ether oxygens (including phenoxy) is 1. The molecule has 1 atom stereocenters. The highest BCUT2D eigenvalue weighted by molar-refractivity contribution is 6.09. The van der Waals surface area contributed by atoms with E-state index in [4.69, 9.17) is 0 Å². The number of amides is 4. The molecular formula is C21H27F2N3O4. The van der Waals surface area contributed by atoms with Crippen LogP contribution < -0.4 is 10.1 Å². The number of rotatable bonds is 6. The molecule has 4 amide bonds. The molecule has 0 spiro atoms. The number of likely N-dealkylation sites (N-methyl/N-ethyl adjacent to an activating group) is 1. The number of halogens is 2. The molecule has 0 radical (unpaired) electrons. The van der Waals surface area contributed by atoms with Crippen molar-refractivity contribution in [3.05, 3.63) is 29.8 Å². The second kappa shape index (κ2) is 8.57. The zero-order valence-corrected chi connectivity index (χ0v) is 17.4. The van der Waals surface area contributed by atoms with Crippen LogP contribution in [0, 0.1) is 5.92 Å². The van der Waals surface area contributed by atoms with Gasteiger partial charge in [0.05, 0.1) is 0 Å². The van der Waals surface area contributed by atoms with Crippen molar-refractivity contribution in [3.63, 3.8) is 0 Å². The summed E-state index contributed by atoms with van der Waals surface area (Å²) in [6, 6.07) is 4.94. The van der Waals surface area contributed by atoms with Crippen molar-refractivity contribution >= 4 is 17.8 Å². The first-order valence-electron chi connectivity index (χ1n) is 10.1. The number of benzene rings is 1. The van der Waals surface area contributed by atoms with E-state index in [1.807, 2.05) is 0 Å². The summed E-state index contributed by atoms with van der Waals surface area (Å²) in [5.74, 6) is -0.254. The van der Waals surface area contributed by atoms with E-state index in [1.54, 1.807) is 11.9 Å². The molecule has 0 aromatic heterocycles. The van der Waals surface area contributed by atoms with E-state index in [0.29, 0.717) is 11.5 Å². The number of carbonyl (C=O) groups is 3. The molecule has 1 aliphatic heterocycles. The number of alkyl halides is 2. The molecule has 7 nitrogen and oxygen atoms in total. The molecule has 1 aromatic carbocycles. The van der Waals surface area contributed by atoms with Crippen molar-refractivity contribution in [1.82, 2.24) is 15.1 Å². The number of hydrogen-bond donors (Lipinski definition) is 1. The van der Waals surface area contributed by atoms with Crippen LogP contribution in [-0.4, -0.2) is 53.9 Å². The van der Waals surface area contributed by atoms with Crippen LogP contribution in [0.3, 0.4) is 0 Å². The van der Waals surface area contributed by atoms with E-state index in [0.717, 1.165) is 30.6 Å². The highest BCUT2D eigenvalue weighted by Crippen LogP contribution is 2.31. The molecule has 1 saturated heterocycles. The quantitative estimate of drug-likeness (QED) is 0.714. The fourth-order valence-electron chi connectivity index (χ4n) is 4.09. The van der Waals surface area contributed by atoms with Crippen LogP contribution >= 0.6 is 0 Å². The van der Waals surface area contributed by atoms with Gasteiger partial charge in [0.2, 0.25) is 5.91 Å². The number of urea groups is 1. The van der Waals surface area contributed by atoms with Gasteiger partial charge in [0.1, 0.15) is 17.8 Å². The van der Waals surface area contributed by atoms with Crippen molar-refractivity contribution in [3.8, 4) is 5.75 Å². The number of nitrogens with zero attached hydrogens (tertiary/aromatic N) is 2. The average Bonchev–Trinajstić information content (AvgIpc) is 2.92. The number of hydrogen-bond acceptors (Lipinski definition) is 4. The highest BCUT2D eigenvalue weighted by atomic mass is 19.3. The molecule has 1 saturated carbocycles. The summed E-state index contributed by atoms with van der Waals surface area (Å²) >= 11 is 0. The molecular weight excluding hydrogens is 396 g/mol. The predicted molar refractivity (Wildman–Crippen MR) is 105 cm³/mol. The van der Waals surface area contributed by atoms with Gasteiger partial charge in [-0.3, -0.25) is 14.5 Å². The summed E-state index contributed by atoms with van der Waals surface area (Å²) in [7, 11) is 1.71. The zero-order valence-electron chi connectivity index (χ0n) is 17.4. The van der Waals surface area contributed by atoms with Crippen LogP contribution in [0.2, 0.25) is 0 Å². The number of nitrogens with one attached hydrogen (secondary N) is 1. The molecule has 30 heavy (non-hydrogen) atoms. The molecule has 9 heteroatoms. The van der Waals surface area contributed by atoms with E-state index in [2.05, 4.69) is 17.0 Å². The first kappa shape index (κ1) is 22.0. The maximum absolute atomic E-state index is 13.0. The minimum Gasteiger partial charge on any atom is -0.435 e. The van der Waals surface area contributed by atoms with Crippen LogP contribution in [0.25, 0.3) is 0 Å². The normalized spacial score (nSPS) is 26.7. The maximum Gasteiger partial charge on any atom is 0.387 e. The molecule has 2 fully saturated rings. The number of imide groups is 1. The Bertz CT molecular complexity index is 809. The Morgan fingerprint density at radius 3 is 2.40 bits per heavy atom. The van der Waals surface area contributed by atoms with Gasteiger partial charge >= 0.3 is 12.6 Å². The van der Waals surface area contributed by atoms with Crippen LogP contribution in [0.15, 0.2) is 24.3 Å². The Balaban J connectivity index is 1.68. The third-order valence-electron chi connectivity index (χ3n) is 6.15. The zero-order chi connectivity index (χ0) is 22.1. The lowest BCUT2D eigenvalue weighted by Gasteiger charge is -2.34. The van der Waals surface area contributed by atoms with E-state index in [-0.39, 0.29) is 24.2 Å². The Morgan fingerprint density at radius 1 is 1.23 bits per heavy atom. The average molecular weight is 423 g/mol. The van der Waals surface area contributed by atoms with Crippen molar-refractivity contribution in [2.75, 3.05) is 13.6 Å². The van der Waals surface area contributed by atoms with E-state index in [9.17, 15) is 23.2 Å². The Morgan fingerprint density at radius 2 is 1.83 bits per heavy atom.